The molecule has 2 aromatic rings. The van der Waals surface area contributed by atoms with Crippen LogP contribution in [0.4, 0.5) is 5.69 Å². The molecule has 3 atom stereocenters. The third-order valence-corrected chi connectivity index (χ3v) is 7.64. The van der Waals surface area contributed by atoms with Crippen molar-refractivity contribution < 1.29 is 34.8 Å². The van der Waals surface area contributed by atoms with Crippen molar-refractivity contribution in [2.24, 2.45) is 17.6 Å². The predicted molar refractivity (Wildman–Crippen MR) is 131 cm³/mol. The number of aliphatic hydroxyl groups excluding tert-OH is 2. The molecule has 3 aliphatic carbocycles. The number of carbonyl (C=O) groups is 3. The lowest BCUT2D eigenvalue weighted by atomic mass is 9.59. The van der Waals surface area contributed by atoms with Crippen LogP contribution in [0, 0.1) is 11.8 Å². The lowest BCUT2D eigenvalue weighted by Crippen LogP contribution is -2.58. The minimum atomic E-state index is -2.56. The number of amides is 1. The molecule has 1 saturated carbocycles. The third kappa shape index (κ3) is 3.16. The molecule has 6 N–H and O–H groups in total. The molecule has 0 spiro atoms. The number of aliphatic hydroxyl groups is 3. The average molecular weight is 491 g/mol. The number of rotatable bonds is 3. The molecule has 0 saturated heterocycles. The van der Waals surface area contributed by atoms with E-state index in [-0.39, 0.29) is 36.1 Å². The van der Waals surface area contributed by atoms with Gasteiger partial charge in [-0.3, -0.25) is 14.4 Å². The van der Waals surface area contributed by atoms with Crippen molar-refractivity contribution in [3.8, 4) is 16.9 Å². The highest BCUT2D eigenvalue weighted by Gasteiger charge is 2.60. The second-order valence-corrected chi connectivity index (χ2v) is 9.83. The van der Waals surface area contributed by atoms with E-state index in [2.05, 4.69) is 0 Å². The number of carbonyl (C=O) groups excluding carboxylic acids is 3. The van der Waals surface area contributed by atoms with Crippen LogP contribution in [0.2, 0.25) is 0 Å². The number of anilines is 1. The molecule has 0 radical (unpaired) electrons. The number of ketones is 2. The van der Waals surface area contributed by atoms with E-state index >= 15 is 0 Å². The van der Waals surface area contributed by atoms with E-state index in [1.807, 2.05) is 43.3 Å². The van der Waals surface area contributed by atoms with Crippen molar-refractivity contribution in [1.82, 2.24) is 0 Å². The minimum absolute atomic E-state index is 0.0799. The molecule has 0 heterocycles. The summed E-state index contributed by atoms with van der Waals surface area (Å²) >= 11 is 0. The van der Waals surface area contributed by atoms with Gasteiger partial charge in [0.1, 0.15) is 22.8 Å². The van der Waals surface area contributed by atoms with Crippen LogP contribution in [-0.4, -0.2) is 57.6 Å². The SMILES string of the molecule is CN(C)c1ccc(-c2ccc(O)c3c2C[C@H]2C[C@H]4CC(=O)C(C(N)=O)=C(O)[C@@]4(O)C(=O)C2=C3O)cc1. The topological polar surface area (TPSA) is 161 Å². The summed E-state index contributed by atoms with van der Waals surface area (Å²) in [6, 6.07) is 10.9. The Morgan fingerprint density at radius 2 is 1.69 bits per heavy atom. The maximum Gasteiger partial charge on any atom is 0.255 e. The summed E-state index contributed by atoms with van der Waals surface area (Å²) in [5.41, 5.74) is 5.03. The van der Waals surface area contributed by atoms with Gasteiger partial charge in [-0.1, -0.05) is 18.2 Å². The Labute approximate surface area is 206 Å². The molecule has 0 bridgehead atoms. The van der Waals surface area contributed by atoms with Gasteiger partial charge in [0.25, 0.3) is 5.91 Å². The number of phenolic OH excluding ortho intramolecular Hbond substituents is 1. The van der Waals surface area contributed by atoms with E-state index in [9.17, 15) is 34.8 Å². The Hall–Kier alpha value is -4.11. The number of nitrogens with two attached hydrogens (primary N) is 1. The summed E-state index contributed by atoms with van der Waals surface area (Å²) in [6.07, 6.45) is 0.00595. The number of Topliss-reactive ketones (excluding diaryl/α,β-unsaturated/α-hetero) is 2. The Morgan fingerprint density at radius 3 is 2.31 bits per heavy atom. The van der Waals surface area contributed by atoms with E-state index < -0.39 is 52.0 Å². The Kier molecular flexibility index (Phi) is 5.22. The van der Waals surface area contributed by atoms with Crippen molar-refractivity contribution >= 4 is 28.9 Å². The molecule has 5 rings (SSSR count). The second-order valence-electron chi connectivity index (χ2n) is 9.83. The van der Waals surface area contributed by atoms with Crippen LogP contribution in [-0.2, 0) is 20.8 Å². The number of hydrogen-bond acceptors (Lipinski definition) is 8. The summed E-state index contributed by atoms with van der Waals surface area (Å²) < 4.78 is 0. The van der Waals surface area contributed by atoms with Crippen LogP contribution >= 0.6 is 0 Å². The Bertz CT molecular complexity index is 1400. The minimum Gasteiger partial charge on any atom is -0.508 e. The standard InChI is InChI=1S/C27H26N2O7/c1-29(2)15-5-3-12(4-6-15)16-7-8-18(30)21-17(16)10-13-9-14-11-19(31)22(26(28)35)25(34)27(14,36)24(33)20(13)23(21)32/h3-8,13-14,30,32,34,36H,9-11H2,1-2H3,(H2,28,35)/t13-,14+,27+/m1/s1. The summed E-state index contributed by atoms with van der Waals surface area (Å²) in [5, 5.41) is 43.8. The smallest absolute Gasteiger partial charge is 0.255 e. The van der Waals surface area contributed by atoms with E-state index in [1.54, 1.807) is 6.07 Å². The van der Waals surface area contributed by atoms with Crippen molar-refractivity contribution in [3.63, 3.8) is 0 Å². The van der Waals surface area contributed by atoms with Crippen LogP contribution in [0.5, 0.6) is 5.75 Å². The predicted octanol–water partition coefficient (Wildman–Crippen LogP) is 2.16. The van der Waals surface area contributed by atoms with Crippen molar-refractivity contribution in [1.29, 1.82) is 0 Å². The monoisotopic (exact) mass is 490 g/mol. The number of fused-ring (bicyclic) bond motifs is 3. The highest BCUT2D eigenvalue weighted by Crippen LogP contribution is 2.53. The lowest BCUT2D eigenvalue weighted by molar-refractivity contribution is -0.147. The van der Waals surface area contributed by atoms with Crippen molar-refractivity contribution in [2.75, 3.05) is 19.0 Å². The first kappa shape index (κ1) is 23.6. The van der Waals surface area contributed by atoms with Crippen LogP contribution in [0.3, 0.4) is 0 Å². The Balaban J connectivity index is 1.67. The number of benzene rings is 2. The molecule has 0 aliphatic heterocycles. The van der Waals surface area contributed by atoms with Gasteiger partial charge in [0.05, 0.1) is 5.56 Å². The van der Waals surface area contributed by atoms with E-state index in [0.717, 1.165) is 16.8 Å². The zero-order chi connectivity index (χ0) is 26.1. The fraction of sp³-hybridized carbons (Fsp3) is 0.296. The lowest BCUT2D eigenvalue weighted by Gasteiger charge is -2.46. The van der Waals surface area contributed by atoms with Gasteiger partial charge >= 0.3 is 0 Å². The van der Waals surface area contributed by atoms with E-state index in [4.69, 9.17) is 5.73 Å². The number of hydrogen-bond donors (Lipinski definition) is 5. The first-order chi connectivity index (χ1) is 17.0. The van der Waals surface area contributed by atoms with Crippen LogP contribution in [0.1, 0.15) is 24.0 Å². The van der Waals surface area contributed by atoms with Gasteiger partial charge in [0, 0.05) is 37.7 Å². The quantitative estimate of drug-likeness (QED) is 0.409. The molecule has 9 nitrogen and oxygen atoms in total. The third-order valence-electron chi connectivity index (χ3n) is 7.64. The summed E-state index contributed by atoms with van der Waals surface area (Å²) in [7, 11) is 3.86. The van der Waals surface area contributed by atoms with E-state index in [0.29, 0.717) is 5.56 Å². The van der Waals surface area contributed by atoms with Gasteiger partial charge in [-0.25, -0.2) is 0 Å². The number of primary amides is 1. The first-order valence-corrected chi connectivity index (χ1v) is 11.6. The van der Waals surface area contributed by atoms with E-state index in [1.165, 1.54) is 6.07 Å². The molecule has 1 amide bonds. The summed E-state index contributed by atoms with van der Waals surface area (Å²) in [5.74, 6) is -6.37. The Morgan fingerprint density at radius 1 is 1.03 bits per heavy atom. The highest BCUT2D eigenvalue weighted by atomic mass is 16.3. The number of aromatic hydroxyl groups is 1. The van der Waals surface area contributed by atoms with Crippen LogP contribution < -0.4 is 10.6 Å². The molecule has 9 heteroatoms. The van der Waals surface area contributed by atoms with Gasteiger partial charge in [0.15, 0.2) is 11.4 Å². The van der Waals surface area contributed by atoms with Gasteiger partial charge in [-0.2, -0.15) is 0 Å². The number of nitrogens with zero attached hydrogens (tertiary/aromatic N) is 1. The fourth-order valence-electron chi connectivity index (χ4n) is 5.83. The van der Waals surface area contributed by atoms with Crippen LogP contribution in [0.25, 0.3) is 16.9 Å². The maximum atomic E-state index is 13.6. The molecule has 1 fully saturated rings. The summed E-state index contributed by atoms with van der Waals surface area (Å²) in [4.78, 5) is 39.8. The normalized spacial score (nSPS) is 25.3. The molecule has 36 heavy (non-hydrogen) atoms. The van der Waals surface area contributed by atoms with Crippen molar-refractivity contribution in [3.05, 3.63) is 64.4 Å². The van der Waals surface area contributed by atoms with Gasteiger partial charge < -0.3 is 31.1 Å². The van der Waals surface area contributed by atoms with Gasteiger partial charge in [-0.15, -0.1) is 0 Å². The second kappa shape index (κ2) is 7.96. The van der Waals surface area contributed by atoms with Gasteiger partial charge in [0.2, 0.25) is 5.78 Å². The fourth-order valence-corrected chi connectivity index (χ4v) is 5.83. The molecule has 2 aromatic carbocycles. The molecule has 0 unspecified atom stereocenters. The average Bonchev–Trinajstić information content (AvgIpc) is 2.81. The largest absolute Gasteiger partial charge is 0.508 e. The molecule has 186 valence electrons. The molecule has 3 aliphatic rings. The summed E-state index contributed by atoms with van der Waals surface area (Å²) in [6.45, 7) is 0. The zero-order valence-electron chi connectivity index (χ0n) is 19.8. The maximum absolute atomic E-state index is 13.6. The molecular weight excluding hydrogens is 464 g/mol. The zero-order valence-corrected chi connectivity index (χ0v) is 19.8. The first-order valence-electron chi connectivity index (χ1n) is 11.6. The molecular formula is C27H26N2O7. The van der Waals surface area contributed by atoms with Gasteiger partial charge in [-0.05, 0) is 53.6 Å². The highest BCUT2D eigenvalue weighted by molar-refractivity contribution is 6.22. The molecule has 0 aromatic heterocycles. The van der Waals surface area contributed by atoms with Crippen molar-refractivity contribution in [2.45, 2.75) is 24.9 Å². The number of phenols is 1. The van der Waals surface area contributed by atoms with Crippen LogP contribution in [0.15, 0.2) is 53.3 Å².